The first-order chi connectivity index (χ1) is 10.7. The lowest BCUT2D eigenvalue weighted by atomic mass is 10.1. The van der Waals surface area contributed by atoms with Crippen molar-refractivity contribution in [2.24, 2.45) is 0 Å². The van der Waals surface area contributed by atoms with Gasteiger partial charge in [0.2, 0.25) is 0 Å². The van der Waals surface area contributed by atoms with Gasteiger partial charge < -0.3 is 10.2 Å². The summed E-state index contributed by atoms with van der Waals surface area (Å²) in [5.74, 6) is -0.716. The topological polar surface area (TPSA) is 57.5 Å². The second-order valence-electron chi connectivity index (χ2n) is 5.58. The third-order valence-corrected chi connectivity index (χ3v) is 3.36. The standard InChI is InChI=1S/C19H32O3/c1-2-3-4-5-9-12-15-18(20)16-13-10-7-6-8-11-14-17-19(21)22/h7,9-10,12-13,16,18,20H,2-6,8,11,14-15,17H2,1H3,(H,21,22)/b10-7-,12-9-,16-13-. The Morgan fingerprint density at radius 3 is 2.41 bits per heavy atom. The van der Waals surface area contributed by atoms with E-state index < -0.39 is 12.1 Å². The molecule has 126 valence electrons. The largest absolute Gasteiger partial charge is 0.481 e. The zero-order valence-electron chi connectivity index (χ0n) is 13.9. The third-order valence-electron chi connectivity index (χ3n) is 3.36. The van der Waals surface area contributed by atoms with Crippen LogP contribution in [0.4, 0.5) is 0 Å². The third kappa shape index (κ3) is 16.7. The Bertz CT molecular complexity index is 343. The summed E-state index contributed by atoms with van der Waals surface area (Å²) >= 11 is 0. The van der Waals surface area contributed by atoms with Gasteiger partial charge >= 0.3 is 5.97 Å². The van der Waals surface area contributed by atoms with Crippen LogP contribution < -0.4 is 0 Å². The van der Waals surface area contributed by atoms with E-state index in [1.807, 2.05) is 12.2 Å². The van der Waals surface area contributed by atoms with E-state index in [0.717, 1.165) is 32.1 Å². The molecular formula is C19H32O3. The van der Waals surface area contributed by atoms with Crippen molar-refractivity contribution in [2.75, 3.05) is 0 Å². The van der Waals surface area contributed by atoms with Crippen molar-refractivity contribution in [3.05, 3.63) is 36.5 Å². The number of unbranched alkanes of at least 4 members (excludes halogenated alkanes) is 6. The molecule has 0 saturated heterocycles. The molecule has 3 nitrogen and oxygen atoms in total. The first kappa shape index (κ1) is 20.6. The fourth-order valence-corrected chi connectivity index (χ4v) is 2.03. The van der Waals surface area contributed by atoms with Gasteiger partial charge in [-0.05, 0) is 38.5 Å². The maximum atomic E-state index is 10.3. The first-order valence-electron chi connectivity index (χ1n) is 8.55. The van der Waals surface area contributed by atoms with Gasteiger partial charge in [0.25, 0.3) is 0 Å². The predicted octanol–water partition coefficient (Wildman–Crippen LogP) is 5.02. The molecule has 0 aromatic heterocycles. The Kier molecular flexibility index (Phi) is 15.0. The monoisotopic (exact) mass is 308 g/mol. The number of carboxylic acids is 1. The summed E-state index contributed by atoms with van der Waals surface area (Å²) in [5, 5.41) is 18.3. The van der Waals surface area contributed by atoms with Crippen LogP contribution in [0, 0.1) is 0 Å². The highest BCUT2D eigenvalue weighted by Crippen LogP contribution is 2.04. The second kappa shape index (κ2) is 16.0. The Morgan fingerprint density at radius 2 is 1.68 bits per heavy atom. The summed E-state index contributed by atoms with van der Waals surface area (Å²) in [6.45, 7) is 2.20. The number of rotatable bonds is 14. The number of aliphatic hydroxyl groups is 1. The minimum absolute atomic E-state index is 0.266. The van der Waals surface area contributed by atoms with E-state index in [1.54, 1.807) is 6.08 Å². The molecule has 0 heterocycles. The van der Waals surface area contributed by atoms with E-state index in [1.165, 1.54) is 19.3 Å². The molecule has 1 unspecified atom stereocenters. The van der Waals surface area contributed by atoms with E-state index in [-0.39, 0.29) is 6.42 Å². The number of carbonyl (C=O) groups is 1. The number of aliphatic hydroxyl groups excluding tert-OH is 1. The van der Waals surface area contributed by atoms with Gasteiger partial charge in [0, 0.05) is 6.42 Å². The van der Waals surface area contributed by atoms with Crippen molar-refractivity contribution in [1.82, 2.24) is 0 Å². The summed E-state index contributed by atoms with van der Waals surface area (Å²) in [4.78, 5) is 10.3. The molecule has 0 rings (SSSR count). The van der Waals surface area contributed by atoms with Crippen LogP contribution in [0.1, 0.15) is 71.1 Å². The van der Waals surface area contributed by atoms with Crippen molar-refractivity contribution in [3.8, 4) is 0 Å². The minimum Gasteiger partial charge on any atom is -0.481 e. The molecule has 3 heteroatoms. The van der Waals surface area contributed by atoms with Gasteiger partial charge in [-0.3, -0.25) is 4.79 Å². The Balaban J connectivity index is 3.53. The molecule has 0 aromatic rings. The van der Waals surface area contributed by atoms with Crippen LogP contribution in [-0.2, 0) is 4.79 Å². The smallest absolute Gasteiger partial charge is 0.303 e. The van der Waals surface area contributed by atoms with Gasteiger partial charge in [0.15, 0.2) is 0 Å². The summed E-state index contributed by atoms with van der Waals surface area (Å²) < 4.78 is 0. The molecule has 0 spiro atoms. The molecule has 0 aromatic carbocycles. The molecule has 0 fully saturated rings. The van der Waals surface area contributed by atoms with E-state index >= 15 is 0 Å². The second-order valence-corrected chi connectivity index (χ2v) is 5.58. The van der Waals surface area contributed by atoms with Crippen LogP contribution in [0.2, 0.25) is 0 Å². The summed E-state index contributed by atoms with van der Waals surface area (Å²) in [5.41, 5.74) is 0. The molecule has 2 N–H and O–H groups in total. The van der Waals surface area contributed by atoms with Gasteiger partial charge in [0.1, 0.15) is 0 Å². The molecule has 0 bridgehead atoms. The lowest BCUT2D eigenvalue weighted by Gasteiger charge is -1.99. The Hall–Kier alpha value is -1.35. The first-order valence-corrected chi connectivity index (χ1v) is 8.55. The van der Waals surface area contributed by atoms with Gasteiger partial charge in [-0.2, -0.15) is 0 Å². The lowest BCUT2D eigenvalue weighted by Crippen LogP contribution is -1.98. The normalized spacial score (nSPS) is 13.5. The number of hydrogen-bond donors (Lipinski definition) is 2. The summed E-state index contributed by atoms with van der Waals surface area (Å²) in [6.07, 6.45) is 20.9. The highest BCUT2D eigenvalue weighted by molar-refractivity contribution is 5.66. The maximum Gasteiger partial charge on any atom is 0.303 e. The Morgan fingerprint density at radius 1 is 0.955 bits per heavy atom. The molecule has 0 aliphatic heterocycles. The molecule has 0 saturated carbocycles. The minimum atomic E-state index is -0.716. The quantitative estimate of drug-likeness (QED) is 0.269. The molecule has 0 radical (unpaired) electrons. The molecule has 1 atom stereocenters. The molecule has 0 aliphatic rings. The van der Waals surface area contributed by atoms with Crippen LogP contribution in [0.5, 0.6) is 0 Å². The van der Waals surface area contributed by atoms with Gasteiger partial charge in [-0.1, -0.05) is 62.6 Å². The van der Waals surface area contributed by atoms with Crippen LogP contribution in [0.25, 0.3) is 0 Å². The predicted molar refractivity (Wildman–Crippen MR) is 92.9 cm³/mol. The zero-order chi connectivity index (χ0) is 16.5. The number of carboxylic acid groups (broad SMARTS) is 1. The average Bonchev–Trinajstić information content (AvgIpc) is 2.48. The van der Waals surface area contributed by atoms with E-state index in [2.05, 4.69) is 25.2 Å². The zero-order valence-corrected chi connectivity index (χ0v) is 13.9. The van der Waals surface area contributed by atoms with Crippen molar-refractivity contribution < 1.29 is 15.0 Å². The SMILES string of the molecule is CCCCC/C=C\CC(O)/C=C\C=C/CCCCCC(=O)O. The van der Waals surface area contributed by atoms with Crippen LogP contribution in [0.3, 0.4) is 0 Å². The van der Waals surface area contributed by atoms with E-state index in [9.17, 15) is 9.90 Å². The molecular weight excluding hydrogens is 276 g/mol. The summed E-state index contributed by atoms with van der Waals surface area (Å²) in [6, 6.07) is 0. The lowest BCUT2D eigenvalue weighted by molar-refractivity contribution is -0.137. The number of hydrogen-bond acceptors (Lipinski definition) is 2. The van der Waals surface area contributed by atoms with Crippen LogP contribution >= 0.6 is 0 Å². The van der Waals surface area contributed by atoms with Gasteiger partial charge in [-0.25, -0.2) is 0 Å². The maximum absolute atomic E-state index is 10.3. The van der Waals surface area contributed by atoms with Gasteiger partial charge in [0.05, 0.1) is 6.10 Å². The summed E-state index contributed by atoms with van der Waals surface area (Å²) in [7, 11) is 0. The van der Waals surface area contributed by atoms with E-state index in [4.69, 9.17) is 5.11 Å². The van der Waals surface area contributed by atoms with Gasteiger partial charge in [-0.15, -0.1) is 0 Å². The molecule has 0 amide bonds. The van der Waals surface area contributed by atoms with Crippen LogP contribution in [-0.4, -0.2) is 22.3 Å². The van der Waals surface area contributed by atoms with E-state index in [0.29, 0.717) is 6.42 Å². The fraction of sp³-hybridized carbons (Fsp3) is 0.632. The van der Waals surface area contributed by atoms with Crippen molar-refractivity contribution in [3.63, 3.8) is 0 Å². The molecule has 0 aliphatic carbocycles. The van der Waals surface area contributed by atoms with Crippen molar-refractivity contribution in [1.29, 1.82) is 0 Å². The van der Waals surface area contributed by atoms with Crippen molar-refractivity contribution in [2.45, 2.75) is 77.2 Å². The number of allylic oxidation sites excluding steroid dienone is 4. The average molecular weight is 308 g/mol. The van der Waals surface area contributed by atoms with Crippen molar-refractivity contribution >= 4 is 5.97 Å². The molecule has 22 heavy (non-hydrogen) atoms. The highest BCUT2D eigenvalue weighted by atomic mass is 16.4. The highest BCUT2D eigenvalue weighted by Gasteiger charge is 1.95. The fourth-order valence-electron chi connectivity index (χ4n) is 2.03. The van der Waals surface area contributed by atoms with Crippen LogP contribution in [0.15, 0.2) is 36.5 Å². The number of aliphatic carboxylic acids is 1. The Labute approximate surface area is 135 Å².